The van der Waals surface area contributed by atoms with E-state index in [4.69, 9.17) is 23.2 Å². The Hall–Kier alpha value is -2.37. The number of hydrogen-bond donors (Lipinski definition) is 1. The zero-order valence-electron chi connectivity index (χ0n) is 12.4. The molecule has 0 aliphatic rings. The second-order valence-electron chi connectivity index (χ2n) is 5.22. The van der Waals surface area contributed by atoms with Crippen LogP contribution < -0.4 is 0 Å². The molecule has 0 fully saturated rings. The van der Waals surface area contributed by atoms with Gasteiger partial charge >= 0.3 is 5.97 Å². The fraction of sp³-hybridized carbons (Fsp3) is 0.0588. The van der Waals surface area contributed by atoms with E-state index in [0.29, 0.717) is 22.0 Å². The number of nitrogens with zero attached hydrogens (tertiary/aromatic N) is 2. The predicted octanol–water partition coefficient (Wildman–Crippen LogP) is 4.99. The fourth-order valence-corrected chi connectivity index (χ4v) is 2.70. The number of aromatic carboxylic acids is 1. The van der Waals surface area contributed by atoms with Gasteiger partial charge in [-0.05, 0) is 48.9 Å². The van der Waals surface area contributed by atoms with Crippen molar-refractivity contribution in [1.82, 2.24) is 9.78 Å². The number of halogens is 3. The summed E-state index contributed by atoms with van der Waals surface area (Å²) in [6.45, 7) is 1.85. The molecule has 0 aliphatic heterocycles. The highest BCUT2D eigenvalue weighted by atomic mass is 35.5. The van der Waals surface area contributed by atoms with Crippen LogP contribution in [-0.4, -0.2) is 20.9 Å². The van der Waals surface area contributed by atoms with Crippen LogP contribution in [0, 0.1) is 12.7 Å². The lowest BCUT2D eigenvalue weighted by Crippen LogP contribution is -2.02. The Kier molecular flexibility index (Phi) is 4.30. The molecule has 122 valence electrons. The molecule has 7 heteroatoms. The van der Waals surface area contributed by atoms with Crippen molar-refractivity contribution in [2.24, 2.45) is 0 Å². The minimum atomic E-state index is -1.18. The number of hydrogen-bond acceptors (Lipinski definition) is 2. The highest BCUT2D eigenvalue weighted by molar-refractivity contribution is 6.31. The quantitative estimate of drug-likeness (QED) is 0.711. The molecule has 1 N–H and O–H groups in total. The van der Waals surface area contributed by atoms with Crippen LogP contribution in [0.25, 0.3) is 16.9 Å². The Labute approximate surface area is 147 Å². The standard InChI is InChI=1S/C17H11Cl2FN2O2/c1-9-2-3-13(7-14(9)19)22-16(8-15(21-22)17(23)24)10-4-11(18)6-12(20)5-10/h2-8H,1H3,(H,23,24). The van der Waals surface area contributed by atoms with Gasteiger partial charge in [-0.3, -0.25) is 0 Å². The number of benzene rings is 2. The third-order valence-electron chi connectivity index (χ3n) is 3.49. The first-order chi connectivity index (χ1) is 11.3. The molecule has 0 saturated heterocycles. The molecule has 0 bridgehead atoms. The van der Waals surface area contributed by atoms with Gasteiger partial charge in [-0.2, -0.15) is 5.10 Å². The SMILES string of the molecule is Cc1ccc(-n2nc(C(=O)O)cc2-c2cc(F)cc(Cl)c2)cc1Cl. The van der Waals surface area contributed by atoms with Gasteiger partial charge in [0.2, 0.25) is 0 Å². The lowest BCUT2D eigenvalue weighted by atomic mass is 10.1. The number of rotatable bonds is 3. The van der Waals surface area contributed by atoms with Crippen LogP contribution >= 0.6 is 23.2 Å². The van der Waals surface area contributed by atoms with Gasteiger partial charge in [0.15, 0.2) is 5.69 Å². The summed E-state index contributed by atoms with van der Waals surface area (Å²) in [6.07, 6.45) is 0. The van der Waals surface area contributed by atoms with Crippen LogP contribution in [0.15, 0.2) is 42.5 Å². The molecular weight excluding hydrogens is 354 g/mol. The first-order valence-electron chi connectivity index (χ1n) is 6.91. The normalized spacial score (nSPS) is 10.8. The van der Waals surface area contributed by atoms with Crippen LogP contribution in [0.1, 0.15) is 16.1 Å². The van der Waals surface area contributed by atoms with E-state index in [1.54, 1.807) is 24.3 Å². The third kappa shape index (κ3) is 3.13. The molecule has 0 atom stereocenters. The van der Waals surface area contributed by atoms with E-state index < -0.39 is 11.8 Å². The molecule has 0 amide bonds. The van der Waals surface area contributed by atoms with Crippen molar-refractivity contribution < 1.29 is 14.3 Å². The Balaban J connectivity index is 2.24. The van der Waals surface area contributed by atoms with E-state index in [1.165, 1.54) is 22.9 Å². The van der Waals surface area contributed by atoms with E-state index in [0.717, 1.165) is 5.56 Å². The lowest BCUT2D eigenvalue weighted by molar-refractivity contribution is 0.0690. The first-order valence-corrected chi connectivity index (χ1v) is 7.67. The number of carboxylic acid groups (broad SMARTS) is 1. The van der Waals surface area contributed by atoms with Gasteiger partial charge in [-0.15, -0.1) is 0 Å². The summed E-state index contributed by atoms with van der Waals surface area (Å²) >= 11 is 12.0. The zero-order chi connectivity index (χ0) is 17.4. The highest BCUT2D eigenvalue weighted by Crippen LogP contribution is 2.29. The van der Waals surface area contributed by atoms with Crippen LogP contribution in [0.3, 0.4) is 0 Å². The molecule has 1 aromatic heterocycles. The maximum Gasteiger partial charge on any atom is 0.356 e. The minimum Gasteiger partial charge on any atom is -0.476 e. The van der Waals surface area contributed by atoms with Gasteiger partial charge in [0.05, 0.1) is 11.4 Å². The Morgan fingerprint density at radius 3 is 2.54 bits per heavy atom. The Morgan fingerprint density at radius 2 is 1.92 bits per heavy atom. The van der Waals surface area contributed by atoms with Crippen molar-refractivity contribution in [2.75, 3.05) is 0 Å². The number of aryl methyl sites for hydroxylation is 1. The zero-order valence-corrected chi connectivity index (χ0v) is 13.9. The van der Waals surface area contributed by atoms with Crippen molar-refractivity contribution >= 4 is 29.2 Å². The first kappa shape index (κ1) is 16.5. The van der Waals surface area contributed by atoms with Crippen molar-refractivity contribution in [2.45, 2.75) is 6.92 Å². The number of carbonyl (C=O) groups is 1. The molecule has 3 aromatic rings. The van der Waals surface area contributed by atoms with Crippen molar-refractivity contribution in [1.29, 1.82) is 0 Å². The summed E-state index contributed by atoms with van der Waals surface area (Å²) in [5.74, 6) is -1.71. The smallest absolute Gasteiger partial charge is 0.356 e. The van der Waals surface area contributed by atoms with Crippen molar-refractivity contribution in [3.05, 3.63) is 69.6 Å². The molecule has 0 radical (unpaired) electrons. The monoisotopic (exact) mass is 364 g/mol. The summed E-state index contributed by atoms with van der Waals surface area (Å²) in [4.78, 5) is 11.3. The second kappa shape index (κ2) is 6.26. The molecule has 0 saturated carbocycles. The van der Waals surface area contributed by atoms with Gasteiger partial charge < -0.3 is 5.11 Å². The lowest BCUT2D eigenvalue weighted by Gasteiger charge is -2.09. The van der Waals surface area contributed by atoms with Gasteiger partial charge in [-0.25, -0.2) is 13.9 Å². The number of aromatic nitrogens is 2. The van der Waals surface area contributed by atoms with Gasteiger partial charge in [0, 0.05) is 15.6 Å². The predicted molar refractivity (Wildman–Crippen MR) is 90.7 cm³/mol. The van der Waals surface area contributed by atoms with Gasteiger partial charge in [0.1, 0.15) is 5.82 Å². The van der Waals surface area contributed by atoms with E-state index in [1.807, 2.05) is 6.92 Å². The topological polar surface area (TPSA) is 55.1 Å². The second-order valence-corrected chi connectivity index (χ2v) is 6.07. The summed E-state index contributed by atoms with van der Waals surface area (Å²) < 4.78 is 15.1. The van der Waals surface area contributed by atoms with E-state index in [9.17, 15) is 14.3 Å². The molecule has 3 rings (SSSR count). The molecular formula is C17H11Cl2FN2O2. The van der Waals surface area contributed by atoms with Crippen molar-refractivity contribution in [3.8, 4) is 16.9 Å². The molecule has 0 unspecified atom stereocenters. The van der Waals surface area contributed by atoms with E-state index >= 15 is 0 Å². The molecule has 0 spiro atoms. The third-order valence-corrected chi connectivity index (χ3v) is 4.11. The largest absolute Gasteiger partial charge is 0.476 e. The average molecular weight is 365 g/mol. The van der Waals surface area contributed by atoms with Gasteiger partial charge in [0.25, 0.3) is 0 Å². The van der Waals surface area contributed by atoms with Crippen LogP contribution in [0.5, 0.6) is 0 Å². The molecule has 24 heavy (non-hydrogen) atoms. The summed E-state index contributed by atoms with van der Waals surface area (Å²) in [5, 5.41) is 14.0. The maximum atomic E-state index is 13.7. The maximum absolute atomic E-state index is 13.7. The molecule has 2 aromatic carbocycles. The van der Waals surface area contributed by atoms with Crippen LogP contribution in [0.2, 0.25) is 10.0 Å². The van der Waals surface area contributed by atoms with E-state index in [-0.39, 0.29) is 10.7 Å². The summed E-state index contributed by atoms with van der Waals surface area (Å²) in [6, 6.07) is 10.6. The highest BCUT2D eigenvalue weighted by Gasteiger charge is 2.17. The summed E-state index contributed by atoms with van der Waals surface area (Å²) in [7, 11) is 0. The van der Waals surface area contributed by atoms with Gasteiger partial charge in [-0.1, -0.05) is 29.3 Å². The molecule has 0 aliphatic carbocycles. The minimum absolute atomic E-state index is 0.165. The van der Waals surface area contributed by atoms with Crippen LogP contribution in [0.4, 0.5) is 4.39 Å². The van der Waals surface area contributed by atoms with Crippen molar-refractivity contribution in [3.63, 3.8) is 0 Å². The van der Waals surface area contributed by atoms with E-state index in [2.05, 4.69) is 5.10 Å². The summed E-state index contributed by atoms with van der Waals surface area (Å²) in [5.41, 5.74) is 2.09. The fourth-order valence-electron chi connectivity index (χ4n) is 2.30. The van der Waals surface area contributed by atoms with Crippen LogP contribution in [-0.2, 0) is 0 Å². The number of carboxylic acids is 1. The Bertz CT molecular complexity index is 934. The molecule has 4 nitrogen and oxygen atoms in total. The Morgan fingerprint density at radius 1 is 1.17 bits per heavy atom. The average Bonchev–Trinajstić information content (AvgIpc) is 2.94. The molecule has 1 heterocycles.